The lowest BCUT2D eigenvalue weighted by Gasteiger charge is -2.11. The van der Waals surface area contributed by atoms with E-state index in [4.69, 9.17) is 11.6 Å². The number of carbonyl (C=O) groups is 1. The van der Waals surface area contributed by atoms with E-state index in [-0.39, 0.29) is 5.91 Å². The second-order valence-electron chi connectivity index (χ2n) is 5.77. The zero-order chi connectivity index (χ0) is 19.5. The van der Waals surface area contributed by atoms with Crippen LogP contribution in [0.4, 0.5) is 0 Å². The van der Waals surface area contributed by atoms with Crippen LogP contribution >= 0.6 is 22.9 Å². The monoisotopic (exact) mass is 407 g/mol. The minimum atomic E-state index is -0.120. The number of amides is 1. The quantitative estimate of drug-likeness (QED) is 0.339. The zero-order valence-corrected chi connectivity index (χ0v) is 17.3. The van der Waals surface area contributed by atoms with Crippen LogP contribution in [0.25, 0.3) is 0 Å². The molecule has 0 unspecified atom stereocenters. The van der Waals surface area contributed by atoms with Gasteiger partial charge in [-0.15, -0.1) is 11.3 Å². The fraction of sp³-hybridized carbons (Fsp3) is 0.421. The molecule has 0 atom stereocenters. The van der Waals surface area contributed by atoms with E-state index >= 15 is 0 Å². The van der Waals surface area contributed by atoms with Crippen LogP contribution < -0.4 is 16.0 Å². The van der Waals surface area contributed by atoms with Gasteiger partial charge in [-0.05, 0) is 37.6 Å². The van der Waals surface area contributed by atoms with Crippen LogP contribution in [0.1, 0.15) is 34.1 Å². The topological polar surface area (TPSA) is 78.4 Å². The summed E-state index contributed by atoms with van der Waals surface area (Å²) >= 11 is 7.58. The molecule has 2 aromatic rings. The van der Waals surface area contributed by atoms with Gasteiger partial charge >= 0.3 is 0 Å². The number of hydrogen-bond acceptors (Lipinski definition) is 4. The number of carbonyl (C=O) groups excluding carboxylic acids is 1. The molecule has 1 aromatic carbocycles. The Hall–Kier alpha value is -2.12. The number of halogens is 1. The standard InChI is InChI=1S/C19H26ClN5OS/c1-3-16-13-25-17(27-16)9-10-23-19(21-4-2)24-12-11-22-18(26)14-5-7-15(20)8-6-14/h5-8,13H,3-4,9-12H2,1-2H3,(H,22,26)(H2,21,23,24). The van der Waals surface area contributed by atoms with Gasteiger partial charge in [0.05, 0.1) is 5.01 Å². The molecule has 0 aliphatic rings. The maximum atomic E-state index is 12.0. The van der Waals surface area contributed by atoms with Crippen molar-refractivity contribution in [2.24, 2.45) is 4.99 Å². The van der Waals surface area contributed by atoms with Crippen LogP contribution in [-0.4, -0.2) is 43.0 Å². The van der Waals surface area contributed by atoms with Crippen molar-refractivity contribution in [3.63, 3.8) is 0 Å². The largest absolute Gasteiger partial charge is 0.357 e. The molecule has 1 heterocycles. The molecule has 146 valence electrons. The first kappa shape index (κ1) is 21.2. The summed E-state index contributed by atoms with van der Waals surface area (Å²) in [6, 6.07) is 6.82. The molecule has 0 saturated heterocycles. The van der Waals surface area contributed by atoms with Crippen molar-refractivity contribution in [3.05, 3.63) is 50.9 Å². The van der Waals surface area contributed by atoms with E-state index in [1.165, 1.54) is 4.88 Å². The van der Waals surface area contributed by atoms with Gasteiger partial charge in [0.15, 0.2) is 5.96 Å². The Morgan fingerprint density at radius 1 is 1.15 bits per heavy atom. The highest BCUT2D eigenvalue weighted by Gasteiger charge is 2.05. The number of benzene rings is 1. The summed E-state index contributed by atoms with van der Waals surface area (Å²) in [7, 11) is 0. The first-order valence-electron chi connectivity index (χ1n) is 9.12. The van der Waals surface area contributed by atoms with Crippen LogP contribution in [0.5, 0.6) is 0 Å². The van der Waals surface area contributed by atoms with E-state index in [9.17, 15) is 4.79 Å². The van der Waals surface area contributed by atoms with Gasteiger partial charge in [-0.3, -0.25) is 9.79 Å². The summed E-state index contributed by atoms with van der Waals surface area (Å²) in [5.74, 6) is 0.622. The van der Waals surface area contributed by atoms with Crippen LogP contribution in [0.3, 0.4) is 0 Å². The van der Waals surface area contributed by atoms with Crippen molar-refractivity contribution in [3.8, 4) is 0 Å². The molecule has 0 aliphatic heterocycles. The van der Waals surface area contributed by atoms with Gasteiger partial charge in [-0.2, -0.15) is 0 Å². The molecule has 0 fully saturated rings. The maximum absolute atomic E-state index is 12.0. The molecule has 0 spiro atoms. The third-order valence-corrected chi connectivity index (χ3v) is 5.15. The van der Waals surface area contributed by atoms with E-state index in [0.29, 0.717) is 30.2 Å². The number of aromatic nitrogens is 1. The van der Waals surface area contributed by atoms with Gasteiger partial charge in [0, 0.05) is 54.3 Å². The summed E-state index contributed by atoms with van der Waals surface area (Å²) in [4.78, 5) is 22.3. The maximum Gasteiger partial charge on any atom is 0.251 e. The van der Waals surface area contributed by atoms with Crippen molar-refractivity contribution >= 4 is 34.8 Å². The lowest BCUT2D eigenvalue weighted by molar-refractivity contribution is 0.0954. The molecular formula is C19H26ClN5OS. The zero-order valence-electron chi connectivity index (χ0n) is 15.7. The molecule has 27 heavy (non-hydrogen) atoms. The molecule has 0 radical (unpaired) electrons. The molecule has 6 nitrogen and oxygen atoms in total. The molecule has 8 heteroatoms. The van der Waals surface area contributed by atoms with E-state index < -0.39 is 0 Å². The summed E-state index contributed by atoms with van der Waals surface area (Å²) in [6.07, 6.45) is 3.79. The molecule has 1 aromatic heterocycles. The minimum Gasteiger partial charge on any atom is -0.357 e. The van der Waals surface area contributed by atoms with Crippen molar-refractivity contribution in [1.82, 2.24) is 20.9 Å². The second kappa shape index (κ2) is 11.6. The normalized spacial score (nSPS) is 11.3. The number of nitrogens with one attached hydrogen (secondary N) is 3. The fourth-order valence-electron chi connectivity index (χ4n) is 2.29. The van der Waals surface area contributed by atoms with Crippen LogP contribution in [0.15, 0.2) is 35.5 Å². The molecule has 1 amide bonds. The van der Waals surface area contributed by atoms with Crippen LogP contribution in [0.2, 0.25) is 5.02 Å². The molecule has 0 saturated carbocycles. The summed E-state index contributed by atoms with van der Waals surface area (Å²) in [5.41, 5.74) is 0.592. The average Bonchev–Trinajstić information content (AvgIpc) is 3.13. The number of nitrogens with zero attached hydrogens (tertiary/aromatic N) is 2. The Balaban J connectivity index is 1.72. The summed E-state index contributed by atoms with van der Waals surface area (Å²) in [6.45, 7) is 6.69. The second-order valence-corrected chi connectivity index (χ2v) is 7.41. The Labute approximate surface area is 169 Å². The number of aryl methyl sites for hydroxylation is 1. The highest BCUT2D eigenvalue weighted by molar-refractivity contribution is 7.11. The number of rotatable bonds is 9. The van der Waals surface area contributed by atoms with Gasteiger partial charge < -0.3 is 16.0 Å². The predicted molar refractivity (Wildman–Crippen MR) is 113 cm³/mol. The van der Waals surface area contributed by atoms with Gasteiger partial charge in [-0.25, -0.2) is 4.98 Å². The van der Waals surface area contributed by atoms with Crippen molar-refractivity contribution in [1.29, 1.82) is 0 Å². The smallest absolute Gasteiger partial charge is 0.251 e. The van der Waals surface area contributed by atoms with Crippen molar-refractivity contribution in [2.45, 2.75) is 26.7 Å². The molecule has 2 rings (SSSR count). The van der Waals surface area contributed by atoms with Crippen molar-refractivity contribution < 1.29 is 4.79 Å². The van der Waals surface area contributed by atoms with E-state index in [1.807, 2.05) is 13.1 Å². The van der Waals surface area contributed by atoms with Gasteiger partial charge in [0.2, 0.25) is 0 Å². The third-order valence-electron chi connectivity index (χ3n) is 3.70. The molecule has 0 aliphatic carbocycles. The first-order valence-corrected chi connectivity index (χ1v) is 10.3. The van der Waals surface area contributed by atoms with Crippen LogP contribution in [0, 0.1) is 0 Å². The first-order chi connectivity index (χ1) is 13.1. The highest BCUT2D eigenvalue weighted by Crippen LogP contribution is 2.13. The SMILES string of the molecule is CCNC(=NCCc1ncc(CC)s1)NCCNC(=O)c1ccc(Cl)cc1. The van der Waals surface area contributed by atoms with E-state index in [0.717, 1.165) is 30.4 Å². The van der Waals surface area contributed by atoms with Gasteiger partial charge in [0.1, 0.15) is 0 Å². The lowest BCUT2D eigenvalue weighted by Crippen LogP contribution is -2.41. The highest BCUT2D eigenvalue weighted by atomic mass is 35.5. The molecule has 0 bridgehead atoms. The molecular weight excluding hydrogens is 382 g/mol. The lowest BCUT2D eigenvalue weighted by atomic mass is 10.2. The third kappa shape index (κ3) is 7.56. The Morgan fingerprint density at radius 3 is 2.56 bits per heavy atom. The Bertz CT molecular complexity index is 745. The van der Waals surface area contributed by atoms with Crippen LogP contribution in [-0.2, 0) is 12.8 Å². The number of thiazole rings is 1. The van der Waals surface area contributed by atoms with E-state index in [2.05, 4.69) is 32.9 Å². The van der Waals surface area contributed by atoms with Gasteiger partial charge in [0.25, 0.3) is 5.91 Å². The number of hydrogen-bond donors (Lipinski definition) is 3. The Kier molecular flexibility index (Phi) is 9.07. The van der Waals surface area contributed by atoms with E-state index in [1.54, 1.807) is 35.6 Å². The summed E-state index contributed by atoms with van der Waals surface area (Å²) < 4.78 is 0. The minimum absolute atomic E-state index is 0.120. The van der Waals surface area contributed by atoms with Gasteiger partial charge in [-0.1, -0.05) is 18.5 Å². The number of guanidine groups is 1. The predicted octanol–water partition coefficient (Wildman–Crippen LogP) is 2.89. The fourth-order valence-corrected chi connectivity index (χ4v) is 3.27. The Morgan fingerprint density at radius 2 is 1.89 bits per heavy atom. The summed E-state index contributed by atoms with van der Waals surface area (Å²) in [5, 5.41) is 11.0. The average molecular weight is 408 g/mol. The van der Waals surface area contributed by atoms with Crippen molar-refractivity contribution in [2.75, 3.05) is 26.2 Å². The number of aliphatic imine (C=N–C) groups is 1. The molecule has 3 N–H and O–H groups in total.